The molecule has 1 N–H and O–H groups in total. The minimum Gasteiger partial charge on any atom is -0.378 e. The molecule has 1 aromatic heterocycles. The van der Waals surface area contributed by atoms with Gasteiger partial charge in [0, 0.05) is 37.3 Å². The summed E-state index contributed by atoms with van der Waals surface area (Å²) in [5.74, 6) is 0.425. The molecule has 0 unspecified atom stereocenters. The molecule has 2 amide bonds. The molecule has 0 spiro atoms. The minimum absolute atomic E-state index is 0.136. The number of anilines is 3. The van der Waals surface area contributed by atoms with Crippen LogP contribution in [0.4, 0.5) is 17.2 Å². The van der Waals surface area contributed by atoms with Gasteiger partial charge >= 0.3 is 0 Å². The van der Waals surface area contributed by atoms with Crippen molar-refractivity contribution in [2.45, 2.75) is 12.8 Å². The first-order valence-electron chi connectivity index (χ1n) is 9.21. The van der Waals surface area contributed by atoms with Gasteiger partial charge in [0.25, 0.3) is 5.91 Å². The molecular formula is C20H22N4O3. The second kappa shape index (κ2) is 7.75. The summed E-state index contributed by atoms with van der Waals surface area (Å²) in [4.78, 5) is 32.6. The number of nitrogens with zero attached hydrogens (tertiary/aromatic N) is 3. The van der Waals surface area contributed by atoms with Crippen molar-refractivity contribution in [3.63, 3.8) is 0 Å². The van der Waals surface area contributed by atoms with E-state index in [2.05, 4.69) is 15.2 Å². The number of pyridine rings is 1. The maximum atomic E-state index is 12.4. The van der Waals surface area contributed by atoms with E-state index in [1.807, 2.05) is 18.2 Å². The van der Waals surface area contributed by atoms with E-state index in [-0.39, 0.29) is 11.8 Å². The summed E-state index contributed by atoms with van der Waals surface area (Å²) < 4.78 is 5.35. The van der Waals surface area contributed by atoms with Gasteiger partial charge in [-0.25, -0.2) is 4.98 Å². The molecule has 4 rings (SSSR count). The molecule has 0 atom stereocenters. The third-order valence-corrected chi connectivity index (χ3v) is 4.88. The van der Waals surface area contributed by atoms with Gasteiger partial charge in [-0.3, -0.25) is 9.59 Å². The van der Waals surface area contributed by atoms with Gasteiger partial charge < -0.3 is 19.9 Å². The Bertz CT molecular complexity index is 814. The van der Waals surface area contributed by atoms with Crippen LogP contribution in [0.1, 0.15) is 23.2 Å². The summed E-state index contributed by atoms with van der Waals surface area (Å²) in [6, 6.07) is 10.9. The lowest BCUT2D eigenvalue weighted by Crippen LogP contribution is -2.36. The first kappa shape index (κ1) is 17.5. The van der Waals surface area contributed by atoms with Crippen LogP contribution < -0.4 is 15.1 Å². The van der Waals surface area contributed by atoms with Gasteiger partial charge in [-0.05, 0) is 42.8 Å². The van der Waals surface area contributed by atoms with Crippen molar-refractivity contribution in [3.05, 3.63) is 48.2 Å². The standard InChI is InChI=1S/C20H22N4O3/c25-19-2-1-9-24(19)16-5-3-15(4-6-16)20(26)22-18-8-7-17(14-21-18)23-10-12-27-13-11-23/h3-8,14H,1-2,9-13H2,(H,21,22,26). The Morgan fingerprint density at radius 3 is 2.37 bits per heavy atom. The Kier molecular flexibility index (Phi) is 5.02. The molecule has 3 heterocycles. The SMILES string of the molecule is O=C(Nc1ccc(N2CCOCC2)cn1)c1ccc(N2CCCC2=O)cc1. The molecule has 2 saturated heterocycles. The van der Waals surface area contributed by atoms with E-state index < -0.39 is 0 Å². The molecule has 2 aromatic rings. The Hall–Kier alpha value is -2.93. The third kappa shape index (κ3) is 3.93. The Labute approximate surface area is 157 Å². The first-order chi connectivity index (χ1) is 13.2. The van der Waals surface area contributed by atoms with Crippen LogP contribution >= 0.6 is 0 Å². The molecule has 0 aliphatic carbocycles. The molecule has 7 nitrogen and oxygen atoms in total. The average molecular weight is 366 g/mol. The number of amides is 2. The number of carbonyl (C=O) groups excluding carboxylic acids is 2. The quantitative estimate of drug-likeness (QED) is 0.899. The lowest BCUT2D eigenvalue weighted by atomic mass is 10.2. The number of aromatic nitrogens is 1. The Morgan fingerprint density at radius 1 is 1.00 bits per heavy atom. The molecule has 2 aliphatic heterocycles. The van der Waals surface area contributed by atoms with Crippen LogP contribution in [0.15, 0.2) is 42.6 Å². The van der Waals surface area contributed by atoms with E-state index in [4.69, 9.17) is 4.74 Å². The number of hydrogen-bond donors (Lipinski definition) is 1. The van der Waals surface area contributed by atoms with Crippen LogP contribution in [0.5, 0.6) is 0 Å². The van der Waals surface area contributed by atoms with Crippen LogP contribution in [0.3, 0.4) is 0 Å². The van der Waals surface area contributed by atoms with E-state index in [0.29, 0.717) is 17.8 Å². The number of carbonyl (C=O) groups is 2. The summed E-state index contributed by atoms with van der Waals surface area (Å²) in [6.45, 7) is 3.87. The fraction of sp³-hybridized carbons (Fsp3) is 0.350. The number of rotatable bonds is 4. The zero-order valence-corrected chi connectivity index (χ0v) is 15.1. The summed E-state index contributed by atoms with van der Waals surface area (Å²) in [5.41, 5.74) is 2.39. The molecule has 140 valence electrons. The normalized spacial score (nSPS) is 17.3. The molecule has 27 heavy (non-hydrogen) atoms. The largest absolute Gasteiger partial charge is 0.378 e. The topological polar surface area (TPSA) is 74.8 Å². The van der Waals surface area contributed by atoms with E-state index in [9.17, 15) is 9.59 Å². The van der Waals surface area contributed by atoms with Crippen LogP contribution in [0.25, 0.3) is 0 Å². The number of nitrogens with one attached hydrogen (secondary N) is 1. The van der Waals surface area contributed by atoms with Crippen LogP contribution in [0.2, 0.25) is 0 Å². The van der Waals surface area contributed by atoms with Gasteiger partial charge in [0.1, 0.15) is 5.82 Å². The zero-order valence-electron chi connectivity index (χ0n) is 15.1. The van der Waals surface area contributed by atoms with E-state index in [0.717, 1.165) is 50.6 Å². The number of benzene rings is 1. The van der Waals surface area contributed by atoms with Gasteiger partial charge in [-0.1, -0.05) is 0 Å². The van der Waals surface area contributed by atoms with E-state index in [1.54, 1.807) is 29.3 Å². The highest BCUT2D eigenvalue weighted by Crippen LogP contribution is 2.22. The lowest BCUT2D eigenvalue weighted by molar-refractivity contribution is -0.117. The van der Waals surface area contributed by atoms with Crippen LogP contribution in [-0.4, -0.2) is 49.6 Å². The second-order valence-electron chi connectivity index (χ2n) is 6.65. The molecule has 0 bridgehead atoms. The van der Waals surface area contributed by atoms with Crippen molar-refractivity contribution >= 4 is 29.0 Å². The maximum Gasteiger partial charge on any atom is 0.256 e. The number of ether oxygens (including phenoxy) is 1. The lowest BCUT2D eigenvalue weighted by Gasteiger charge is -2.28. The smallest absolute Gasteiger partial charge is 0.256 e. The van der Waals surface area contributed by atoms with Crippen molar-refractivity contribution in [2.75, 3.05) is 48.0 Å². The van der Waals surface area contributed by atoms with Gasteiger partial charge in [-0.15, -0.1) is 0 Å². The van der Waals surface area contributed by atoms with E-state index in [1.165, 1.54) is 0 Å². The van der Waals surface area contributed by atoms with Gasteiger partial charge in [0.05, 0.1) is 25.1 Å². The highest BCUT2D eigenvalue weighted by Gasteiger charge is 2.21. The predicted octanol–water partition coefficient (Wildman–Crippen LogP) is 2.30. The average Bonchev–Trinajstić information content (AvgIpc) is 3.15. The van der Waals surface area contributed by atoms with Crippen molar-refractivity contribution in [1.29, 1.82) is 0 Å². The molecule has 2 fully saturated rings. The van der Waals surface area contributed by atoms with Crippen LogP contribution in [0, 0.1) is 0 Å². The van der Waals surface area contributed by atoms with Crippen molar-refractivity contribution < 1.29 is 14.3 Å². The van der Waals surface area contributed by atoms with Gasteiger partial charge in [0.2, 0.25) is 5.91 Å². The fourth-order valence-electron chi connectivity index (χ4n) is 3.37. The zero-order chi connectivity index (χ0) is 18.6. The maximum absolute atomic E-state index is 12.4. The summed E-state index contributed by atoms with van der Waals surface area (Å²) in [7, 11) is 0. The molecule has 7 heteroatoms. The summed E-state index contributed by atoms with van der Waals surface area (Å²) >= 11 is 0. The summed E-state index contributed by atoms with van der Waals surface area (Å²) in [6.07, 6.45) is 3.24. The van der Waals surface area contributed by atoms with Crippen molar-refractivity contribution in [1.82, 2.24) is 4.98 Å². The minimum atomic E-state index is -0.221. The molecule has 1 aromatic carbocycles. The first-order valence-corrected chi connectivity index (χ1v) is 9.21. The summed E-state index contributed by atoms with van der Waals surface area (Å²) in [5, 5.41) is 2.81. The highest BCUT2D eigenvalue weighted by atomic mass is 16.5. The van der Waals surface area contributed by atoms with Gasteiger partial charge in [0.15, 0.2) is 0 Å². The molecule has 2 aliphatic rings. The number of morpholine rings is 1. The van der Waals surface area contributed by atoms with Crippen LogP contribution in [-0.2, 0) is 9.53 Å². The Balaban J connectivity index is 1.39. The second-order valence-corrected chi connectivity index (χ2v) is 6.65. The predicted molar refractivity (Wildman–Crippen MR) is 103 cm³/mol. The third-order valence-electron chi connectivity index (χ3n) is 4.88. The molecule has 0 saturated carbocycles. The van der Waals surface area contributed by atoms with Crippen molar-refractivity contribution in [3.8, 4) is 0 Å². The highest BCUT2D eigenvalue weighted by molar-refractivity contribution is 6.04. The molecular weight excluding hydrogens is 344 g/mol. The van der Waals surface area contributed by atoms with Gasteiger partial charge in [-0.2, -0.15) is 0 Å². The van der Waals surface area contributed by atoms with E-state index >= 15 is 0 Å². The fourth-order valence-corrected chi connectivity index (χ4v) is 3.37. The monoisotopic (exact) mass is 366 g/mol. The Morgan fingerprint density at radius 2 is 1.74 bits per heavy atom. The van der Waals surface area contributed by atoms with Crippen molar-refractivity contribution in [2.24, 2.45) is 0 Å². The number of hydrogen-bond acceptors (Lipinski definition) is 5. The molecule has 0 radical (unpaired) electrons.